The van der Waals surface area contributed by atoms with Crippen LogP contribution in [0.2, 0.25) is 0 Å². The van der Waals surface area contributed by atoms with Crippen LogP contribution in [0.5, 0.6) is 5.75 Å². The van der Waals surface area contributed by atoms with Gasteiger partial charge in [0.2, 0.25) is 10.0 Å². The molecule has 12 nitrogen and oxygen atoms in total. The van der Waals surface area contributed by atoms with E-state index >= 15 is 0 Å². The summed E-state index contributed by atoms with van der Waals surface area (Å²) in [4.78, 5) is 19.0. The Morgan fingerprint density at radius 2 is 1.97 bits per heavy atom. The van der Waals surface area contributed by atoms with Crippen LogP contribution < -0.4 is 19.9 Å². The molecule has 0 saturated carbocycles. The summed E-state index contributed by atoms with van der Waals surface area (Å²) < 4.78 is 54.8. The van der Waals surface area contributed by atoms with E-state index in [-0.39, 0.29) is 45.9 Å². The first-order valence-electron chi connectivity index (χ1n) is 11.0. The first-order valence-corrected chi connectivity index (χ1v) is 14.4. The molecule has 1 aromatic heterocycles. The third-order valence-electron chi connectivity index (χ3n) is 5.20. The topological polar surface area (TPSA) is 163 Å². The summed E-state index contributed by atoms with van der Waals surface area (Å²) in [6.07, 6.45) is 2.34. The van der Waals surface area contributed by atoms with Crippen molar-refractivity contribution in [2.45, 2.75) is 45.1 Å². The van der Waals surface area contributed by atoms with Gasteiger partial charge in [0, 0.05) is 25.8 Å². The average Bonchev–Trinajstić information content (AvgIpc) is 2.72. The molecular formula is C21H30N6O6S2. The number of aromatic nitrogens is 2. The molecule has 3 rings (SSSR count). The van der Waals surface area contributed by atoms with Crippen molar-refractivity contribution < 1.29 is 21.9 Å². The number of sulfonamides is 2. The number of nitrogens with one attached hydrogen (secondary N) is 2. The second-order valence-electron chi connectivity index (χ2n) is 8.80. The van der Waals surface area contributed by atoms with Gasteiger partial charge in [0.1, 0.15) is 10.5 Å². The average molecular weight is 527 g/mol. The fourth-order valence-electron chi connectivity index (χ4n) is 3.52. The Balaban J connectivity index is 2.21. The summed E-state index contributed by atoms with van der Waals surface area (Å²) in [5.74, 6) is -0.404. The van der Waals surface area contributed by atoms with Crippen LogP contribution in [0.15, 0.2) is 32.9 Å². The molecule has 0 atom stereocenters. The molecule has 0 radical (unpaired) electrons. The molecule has 0 spiro atoms. The zero-order valence-corrected chi connectivity index (χ0v) is 21.9. The van der Waals surface area contributed by atoms with Gasteiger partial charge < -0.3 is 10.0 Å². The van der Waals surface area contributed by atoms with Crippen molar-refractivity contribution >= 4 is 43.1 Å². The Kier molecular flexibility index (Phi) is 7.45. The van der Waals surface area contributed by atoms with E-state index in [1.807, 2.05) is 20.8 Å². The first kappa shape index (κ1) is 26.5. The Hall–Kier alpha value is -3.13. The molecule has 0 aliphatic carbocycles. The van der Waals surface area contributed by atoms with Crippen LogP contribution in [0, 0.1) is 5.92 Å². The molecule has 0 saturated heterocycles. The van der Waals surface area contributed by atoms with Gasteiger partial charge >= 0.3 is 0 Å². The maximum absolute atomic E-state index is 13.3. The zero-order chi connectivity index (χ0) is 26.1. The highest BCUT2D eigenvalue weighted by atomic mass is 32.2. The first-order chi connectivity index (χ1) is 16.2. The van der Waals surface area contributed by atoms with Crippen LogP contribution in [0.4, 0.5) is 17.2 Å². The van der Waals surface area contributed by atoms with Crippen LogP contribution in [0.3, 0.4) is 0 Å². The number of nitrogens with zero attached hydrogens (tertiary/aromatic N) is 4. The smallest absolute Gasteiger partial charge is 0.281 e. The van der Waals surface area contributed by atoms with E-state index in [4.69, 9.17) is 0 Å². The molecule has 1 aromatic carbocycles. The minimum Gasteiger partial charge on any atom is -0.504 e. The van der Waals surface area contributed by atoms with E-state index in [0.29, 0.717) is 13.0 Å². The molecule has 14 heteroatoms. The molecule has 3 N–H and O–H groups in total. The Morgan fingerprint density at radius 1 is 1.29 bits per heavy atom. The number of anilines is 2. The van der Waals surface area contributed by atoms with Gasteiger partial charge in [-0.2, -0.15) is 0 Å². The fourth-order valence-corrected chi connectivity index (χ4v) is 5.26. The van der Waals surface area contributed by atoms with Crippen LogP contribution >= 0.6 is 0 Å². The number of benzene rings is 1. The van der Waals surface area contributed by atoms with E-state index in [0.717, 1.165) is 18.7 Å². The minimum absolute atomic E-state index is 0.00870. The predicted octanol–water partition coefficient (Wildman–Crippen LogP) is 1.58. The number of aliphatic imine (C=N–C) groups is 1. The number of fused-ring (bicyclic) bond motifs is 1. The maximum Gasteiger partial charge on any atom is 0.281 e. The van der Waals surface area contributed by atoms with Crippen LogP contribution in [0.25, 0.3) is 0 Å². The molecule has 0 fully saturated rings. The zero-order valence-electron chi connectivity index (χ0n) is 20.2. The Labute approximate surface area is 204 Å². The van der Waals surface area contributed by atoms with Gasteiger partial charge in [-0.1, -0.05) is 20.8 Å². The second-order valence-corrected chi connectivity index (χ2v) is 12.2. The molecule has 0 bridgehead atoms. The number of hydrogen-bond donors (Lipinski definition) is 3. The monoisotopic (exact) mass is 526 g/mol. The Bertz CT molecular complexity index is 1430. The van der Waals surface area contributed by atoms with Crippen molar-refractivity contribution in [1.82, 2.24) is 14.5 Å². The van der Waals surface area contributed by atoms with Gasteiger partial charge in [0.15, 0.2) is 17.4 Å². The number of aryl methyl sites for hydroxylation is 1. The quantitative estimate of drug-likeness (QED) is 0.443. The van der Waals surface area contributed by atoms with Crippen molar-refractivity contribution in [3.63, 3.8) is 0 Å². The summed E-state index contributed by atoms with van der Waals surface area (Å²) in [6, 6.07) is 3.81. The summed E-state index contributed by atoms with van der Waals surface area (Å²) >= 11 is 0. The number of amidine groups is 1. The lowest BCUT2D eigenvalue weighted by Gasteiger charge is -2.23. The van der Waals surface area contributed by atoms with E-state index in [1.165, 1.54) is 16.8 Å². The van der Waals surface area contributed by atoms with Gasteiger partial charge in [-0.3, -0.25) is 14.2 Å². The van der Waals surface area contributed by atoms with E-state index in [9.17, 15) is 26.7 Å². The summed E-state index contributed by atoms with van der Waals surface area (Å²) in [7, 11) is -6.16. The molecule has 1 aliphatic rings. The molecule has 2 aromatic rings. The van der Waals surface area contributed by atoms with Crippen molar-refractivity contribution in [3.8, 4) is 5.75 Å². The molecule has 192 valence electrons. The number of aromatic hydroxyl groups is 1. The third kappa shape index (κ3) is 5.93. The summed E-state index contributed by atoms with van der Waals surface area (Å²) in [6.45, 7) is 6.76. The Morgan fingerprint density at radius 3 is 2.57 bits per heavy atom. The van der Waals surface area contributed by atoms with Crippen molar-refractivity contribution in [1.29, 1.82) is 0 Å². The molecular weight excluding hydrogens is 496 g/mol. The van der Waals surface area contributed by atoms with Gasteiger partial charge in [0.25, 0.3) is 15.6 Å². The SMILES string of the molecule is CCCN(C)c1nn(CCC(C)C)c(=O)c(C2=Nc3ccc(NS(C)(=O)=O)cc3S(=O)(=O)N2)c1O. The summed E-state index contributed by atoms with van der Waals surface area (Å²) in [5.41, 5.74) is -0.960. The van der Waals surface area contributed by atoms with Crippen molar-refractivity contribution in [2.75, 3.05) is 29.5 Å². The number of hydrogen-bond acceptors (Lipinski definition) is 9. The van der Waals surface area contributed by atoms with Crippen molar-refractivity contribution in [3.05, 3.63) is 34.1 Å². The molecule has 2 heterocycles. The van der Waals surface area contributed by atoms with E-state index in [2.05, 4.69) is 19.5 Å². The molecule has 0 unspecified atom stereocenters. The van der Waals surface area contributed by atoms with Crippen molar-refractivity contribution in [2.24, 2.45) is 10.9 Å². The highest BCUT2D eigenvalue weighted by Gasteiger charge is 2.32. The van der Waals surface area contributed by atoms with Crippen LogP contribution in [-0.4, -0.2) is 57.4 Å². The van der Waals surface area contributed by atoms with Gasteiger partial charge in [0.05, 0.1) is 11.9 Å². The standard InChI is InChI=1S/C21H30N6O6S2/c1-6-10-26(4)20-18(28)17(21(29)27(23-20)11-9-13(2)3)19-22-15-8-7-14(24-34(5,30)31)12-16(15)35(32,33)25-19/h7-8,12-13,24,28H,6,9-11H2,1-5H3,(H,22,25). The van der Waals surface area contributed by atoms with Gasteiger partial charge in [-0.15, -0.1) is 5.10 Å². The normalized spacial score (nSPS) is 14.7. The minimum atomic E-state index is -4.24. The number of rotatable bonds is 9. The lowest BCUT2D eigenvalue weighted by Crippen LogP contribution is -2.40. The highest BCUT2D eigenvalue weighted by molar-refractivity contribution is 7.92. The van der Waals surface area contributed by atoms with Crippen LogP contribution in [0.1, 0.15) is 39.2 Å². The fraction of sp³-hybridized carbons (Fsp3) is 0.476. The van der Waals surface area contributed by atoms with Crippen LogP contribution in [-0.2, 0) is 26.6 Å². The lowest BCUT2D eigenvalue weighted by molar-refractivity contribution is 0.440. The third-order valence-corrected chi connectivity index (χ3v) is 7.18. The molecule has 1 aliphatic heterocycles. The van der Waals surface area contributed by atoms with E-state index in [1.54, 1.807) is 11.9 Å². The van der Waals surface area contributed by atoms with Gasteiger partial charge in [-0.25, -0.2) is 26.5 Å². The molecule has 0 amide bonds. The van der Waals surface area contributed by atoms with Gasteiger partial charge in [-0.05, 0) is 37.0 Å². The maximum atomic E-state index is 13.3. The highest BCUT2D eigenvalue weighted by Crippen LogP contribution is 2.34. The lowest BCUT2D eigenvalue weighted by atomic mass is 10.1. The summed E-state index contributed by atoms with van der Waals surface area (Å²) in [5, 5.41) is 15.3. The largest absolute Gasteiger partial charge is 0.504 e. The molecule has 35 heavy (non-hydrogen) atoms. The second kappa shape index (κ2) is 9.85. The van der Waals surface area contributed by atoms with E-state index < -0.39 is 31.4 Å². The predicted molar refractivity (Wildman–Crippen MR) is 135 cm³/mol.